The first-order chi connectivity index (χ1) is 14.4. The van der Waals surface area contributed by atoms with Gasteiger partial charge in [0.25, 0.3) is 5.91 Å². The maximum atomic E-state index is 13.0. The Balaban J connectivity index is 1.75. The molecule has 0 bridgehead atoms. The number of benzene rings is 1. The van der Waals surface area contributed by atoms with Gasteiger partial charge in [-0.05, 0) is 49.8 Å². The Morgan fingerprint density at radius 1 is 1.23 bits per heavy atom. The highest BCUT2D eigenvalue weighted by Crippen LogP contribution is 2.28. The van der Waals surface area contributed by atoms with Crippen LogP contribution in [0.3, 0.4) is 0 Å². The van der Waals surface area contributed by atoms with E-state index in [1.54, 1.807) is 13.0 Å². The molecular formula is C24H26N2O3S. The lowest BCUT2D eigenvalue weighted by Gasteiger charge is -2.32. The molecule has 0 unspecified atom stereocenters. The average Bonchev–Trinajstić information content (AvgIpc) is 3.27. The molecule has 2 aromatic rings. The highest BCUT2D eigenvalue weighted by Gasteiger charge is 2.35. The lowest BCUT2D eigenvalue weighted by atomic mass is 9.83. The van der Waals surface area contributed by atoms with Crippen LogP contribution in [0.2, 0.25) is 0 Å². The number of nitrogens with one attached hydrogen (secondary N) is 1. The Labute approximate surface area is 181 Å². The molecule has 1 N–H and O–H groups in total. The van der Waals surface area contributed by atoms with Gasteiger partial charge in [0.05, 0.1) is 11.6 Å². The van der Waals surface area contributed by atoms with E-state index < -0.39 is 23.5 Å². The molecule has 5 nitrogen and oxygen atoms in total. The fourth-order valence-electron chi connectivity index (χ4n) is 3.62. The average molecular weight is 423 g/mol. The van der Waals surface area contributed by atoms with E-state index in [0.29, 0.717) is 18.4 Å². The smallest absolute Gasteiger partial charge is 0.340 e. The number of rotatable bonds is 6. The second-order valence-corrected chi connectivity index (χ2v) is 8.69. The van der Waals surface area contributed by atoms with Crippen LogP contribution in [-0.2, 0) is 14.3 Å². The fraction of sp³-hybridized carbons (Fsp3) is 0.375. The van der Waals surface area contributed by atoms with Crippen molar-refractivity contribution in [1.29, 1.82) is 5.26 Å². The highest BCUT2D eigenvalue weighted by molar-refractivity contribution is 7.11. The highest BCUT2D eigenvalue weighted by atomic mass is 32.1. The molecule has 0 radical (unpaired) electrons. The number of aryl methyl sites for hydroxylation is 1. The third kappa shape index (κ3) is 5.37. The lowest BCUT2D eigenvalue weighted by molar-refractivity contribution is -0.150. The van der Waals surface area contributed by atoms with Crippen molar-refractivity contribution >= 4 is 34.9 Å². The summed E-state index contributed by atoms with van der Waals surface area (Å²) in [5.74, 6) is -0.996. The van der Waals surface area contributed by atoms with Crippen LogP contribution in [0.1, 0.15) is 55.0 Å². The van der Waals surface area contributed by atoms with Gasteiger partial charge in [-0.25, -0.2) is 4.79 Å². The molecule has 30 heavy (non-hydrogen) atoms. The van der Waals surface area contributed by atoms with Gasteiger partial charge < -0.3 is 10.1 Å². The zero-order valence-corrected chi connectivity index (χ0v) is 18.1. The minimum atomic E-state index is -0.995. The van der Waals surface area contributed by atoms with E-state index >= 15 is 0 Å². The Bertz CT molecular complexity index is 967. The van der Waals surface area contributed by atoms with Gasteiger partial charge in [0.2, 0.25) is 0 Å². The predicted molar refractivity (Wildman–Crippen MR) is 118 cm³/mol. The van der Waals surface area contributed by atoms with Gasteiger partial charge in [-0.2, -0.15) is 5.26 Å². The Morgan fingerprint density at radius 3 is 2.63 bits per heavy atom. The molecule has 1 heterocycles. The van der Waals surface area contributed by atoms with E-state index in [2.05, 4.69) is 11.4 Å². The normalized spacial score (nSPS) is 16.9. The molecule has 156 valence electrons. The number of nitrogens with zero attached hydrogens (tertiary/aromatic N) is 1. The third-order valence-corrected chi connectivity index (χ3v) is 6.20. The maximum Gasteiger partial charge on any atom is 0.340 e. The molecule has 3 rings (SSSR count). The Morgan fingerprint density at radius 2 is 2.00 bits per heavy atom. The Hall–Kier alpha value is -2.91. The number of carbonyl (C=O) groups is 2. The third-order valence-electron chi connectivity index (χ3n) is 5.30. The number of nitriles is 1. The van der Waals surface area contributed by atoms with Gasteiger partial charge in [-0.3, -0.25) is 4.79 Å². The molecule has 0 spiro atoms. The lowest BCUT2D eigenvalue weighted by Crippen LogP contribution is -2.52. The molecule has 1 aliphatic carbocycles. The van der Waals surface area contributed by atoms with Crippen LogP contribution in [0.15, 0.2) is 41.8 Å². The first kappa shape index (κ1) is 21.8. The number of esters is 1. The van der Waals surface area contributed by atoms with Crippen molar-refractivity contribution in [3.8, 4) is 6.07 Å². The number of thiophene rings is 1. The second kappa shape index (κ2) is 9.73. The fourth-order valence-corrected chi connectivity index (χ4v) is 4.35. The van der Waals surface area contributed by atoms with E-state index in [9.17, 15) is 14.9 Å². The molecule has 1 aromatic carbocycles. The Kier molecular flexibility index (Phi) is 7.07. The molecule has 1 atom stereocenters. The van der Waals surface area contributed by atoms with Crippen molar-refractivity contribution < 1.29 is 14.3 Å². The molecule has 6 heteroatoms. The standard InChI is InChI=1S/C24H26N2O3S/c1-17-8-6-9-19(14-17)15-20(21-10-7-13-30-21)23(28)29-18(2)22(27)26-24(16-25)11-4-3-5-12-24/h6-10,13-15,18H,3-5,11-12H2,1-2H3,(H,26,27)/b20-15+/t18-/m0/s1. The number of carbonyl (C=O) groups excluding carboxylic acids is 2. The molecule has 1 aromatic heterocycles. The number of hydrogen-bond donors (Lipinski definition) is 1. The number of amides is 1. The summed E-state index contributed by atoms with van der Waals surface area (Å²) in [6.45, 7) is 3.53. The van der Waals surface area contributed by atoms with Crippen LogP contribution >= 0.6 is 11.3 Å². The van der Waals surface area contributed by atoms with Gasteiger partial charge in [-0.15, -0.1) is 11.3 Å². The van der Waals surface area contributed by atoms with Crippen molar-refractivity contribution in [2.75, 3.05) is 0 Å². The van der Waals surface area contributed by atoms with Gasteiger partial charge in [0.1, 0.15) is 5.54 Å². The SMILES string of the molecule is Cc1cccc(/C=C(/C(=O)O[C@@H](C)C(=O)NC2(C#N)CCCCC2)c2cccs2)c1. The van der Waals surface area contributed by atoms with Gasteiger partial charge in [0.15, 0.2) is 6.10 Å². The van der Waals surface area contributed by atoms with Crippen molar-refractivity contribution in [1.82, 2.24) is 5.32 Å². The summed E-state index contributed by atoms with van der Waals surface area (Å²) in [7, 11) is 0. The molecule has 1 aliphatic rings. The molecular weight excluding hydrogens is 396 g/mol. The molecule has 1 amide bonds. The second-order valence-electron chi connectivity index (χ2n) is 7.74. The number of ether oxygens (including phenoxy) is 1. The monoisotopic (exact) mass is 422 g/mol. The van der Waals surface area contributed by atoms with Crippen molar-refractivity contribution in [2.24, 2.45) is 0 Å². The summed E-state index contributed by atoms with van der Waals surface area (Å²) in [5.41, 5.74) is 1.52. The molecule has 1 saturated carbocycles. The summed E-state index contributed by atoms with van der Waals surface area (Å²) >= 11 is 1.44. The van der Waals surface area contributed by atoms with E-state index in [1.165, 1.54) is 11.3 Å². The van der Waals surface area contributed by atoms with Crippen LogP contribution in [0, 0.1) is 18.3 Å². The first-order valence-corrected chi connectivity index (χ1v) is 11.1. The van der Waals surface area contributed by atoms with Gasteiger partial charge >= 0.3 is 5.97 Å². The summed E-state index contributed by atoms with van der Waals surface area (Å²) in [6, 6.07) is 13.8. The first-order valence-electron chi connectivity index (χ1n) is 10.2. The molecule has 0 saturated heterocycles. The van der Waals surface area contributed by atoms with E-state index in [4.69, 9.17) is 4.74 Å². The molecule has 1 fully saturated rings. The van der Waals surface area contributed by atoms with Crippen molar-refractivity contribution in [2.45, 2.75) is 57.6 Å². The van der Waals surface area contributed by atoms with Crippen LogP contribution in [0.4, 0.5) is 0 Å². The van der Waals surface area contributed by atoms with E-state index in [0.717, 1.165) is 35.3 Å². The van der Waals surface area contributed by atoms with Crippen LogP contribution in [0.25, 0.3) is 11.6 Å². The van der Waals surface area contributed by atoms with Crippen LogP contribution in [-0.4, -0.2) is 23.5 Å². The van der Waals surface area contributed by atoms with Crippen molar-refractivity contribution in [3.05, 3.63) is 57.8 Å². The topological polar surface area (TPSA) is 79.2 Å². The summed E-state index contributed by atoms with van der Waals surface area (Å²) < 4.78 is 5.51. The van der Waals surface area contributed by atoms with Crippen LogP contribution in [0.5, 0.6) is 0 Å². The zero-order chi connectivity index (χ0) is 21.6. The minimum absolute atomic E-state index is 0.405. The molecule has 0 aliphatic heterocycles. The largest absolute Gasteiger partial charge is 0.449 e. The van der Waals surface area contributed by atoms with Gasteiger partial charge in [0, 0.05) is 4.88 Å². The minimum Gasteiger partial charge on any atom is -0.449 e. The van der Waals surface area contributed by atoms with E-state index in [1.807, 2.05) is 48.7 Å². The summed E-state index contributed by atoms with van der Waals surface area (Å²) in [6.07, 6.45) is 4.92. The van der Waals surface area contributed by atoms with Crippen LogP contribution < -0.4 is 5.32 Å². The van der Waals surface area contributed by atoms with Gasteiger partial charge in [-0.1, -0.05) is 55.2 Å². The predicted octanol–water partition coefficient (Wildman–Crippen LogP) is 4.87. The quantitative estimate of drug-likeness (QED) is 0.532. The summed E-state index contributed by atoms with van der Waals surface area (Å²) in [5, 5.41) is 14.3. The number of hydrogen-bond acceptors (Lipinski definition) is 5. The maximum absolute atomic E-state index is 13.0. The van der Waals surface area contributed by atoms with E-state index in [-0.39, 0.29) is 0 Å². The zero-order valence-electron chi connectivity index (χ0n) is 17.3. The van der Waals surface area contributed by atoms with Crippen molar-refractivity contribution in [3.63, 3.8) is 0 Å². The summed E-state index contributed by atoms with van der Waals surface area (Å²) in [4.78, 5) is 26.4.